The van der Waals surface area contributed by atoms with Gasteiger partial charge in [0, 0.05) is 0 Å². The molecule has 0 spiro atoms. The van der Waals surface area contributed by atoms with E-state index in [1.165, 1.54) is 22.3 Å². The van der Waals surface area contributed by atoms with E-state index in [-0.39, 0.29) is 17.0 Å². The number of hydrogen-bond acceptors (Lipinski definition) is 0. The topological polar surface area (TPSA) is 0 Å². The van der Waals surface area contributed by atoms with Crippen LogP contribution in [0.25, 0.3) is 11.1 Å². The monoisotopic (exact) mass is 324 g/mol. The maximum Gasteiger partial charge on any atom is -0.00135 e. The zero-order valence-corrected chi connectivity index (χ0v) is 12.9. The SMILES string of the molecule is Br.c1ccc2c(c1)Cc1ccccc1-2.c1ccccc1. The molecular weight excluding hydrogens is 308 g/mol. The molecule has 0 bridgehead atoms. The highest BCUT2D eigenvalue weighted by atomic mass is 79.9. The van der Waals surface area contributed by atoms with Crippen LogP contribution in [0.1, 0.15) is 11.1 Å². The van der Waals surface area contributed by atoms with E-state index in [1.807, 2.05) is 36.4 Å². The Morgan fingerprint density at radius 1 is 0.450 bits per heavy atom. The summed E-state index contributed by atoms with van der Waals surface area (Å²) in [5.74, 6) is 0. The molecule has 100 valence electrons. The first-order valence-electron chi connectivity index (χ1n) is 6.61. The lowest BCUT2D eigenvalue weighted by atomic mass is 10.1. The van der Waals surface area contributed by atoms with E-state index in [9.17, 15) is 0 Å². The fourth-order valence-corrected chi connectivity index (χ4v) is 2.46. The molecule has 0 unspecified atom stereocenters. The Kier molecular flexibility index (Phi) is 5.14. The Labute approximate surface area is 130 Å². The molecule has 0 saturated carbocycles. The quantitative estimate of drug-likeness (QED) is 0.399. The predicted octanol–water partition coefficient (Wildman–Crippen LogP) is 5.52. The summed E-state index contributed by atoms with van der Waals surface area (Å²) in [4.78, 5) is 0. The summed E-state index contributed by atoms with van der Waals surface area (Å²) in [6, 6.07) is 29.3. The van der Waals surface area contributed by atoms with Crippen LogP contribution in [0.4, 0.5) is 0 Å². The molecule has 0 aromatic heterocycles. The largest absolute Gasteiger partial charge is 0.114 e. The highest BCUT2D eigenvalue weighted by Gasteiger charge is 2.15. The van der Waals surface area contributed by atoms with Crippen LogP contribution < -0.4 is 0 Å². The molecule has 4 rings (SSSR count). The van der Waals surface area contributed by atoms with Gasteiger partial charge in [-0.15, -0.1) is 17.0 Å². The van der Waals surface area contributed by atoms with Gasteiger partial charge in [-0.2, -0.15) is 0 Å². The van der Waals surface area contributed by atoms with Crippen molar-refractivity contribution in [1.29, 1.82) is 0 Å². The van der Waals surface area contributed by atoms with Crippen LogP contribution in [0.15, 0.2) is 84.9 Å². The number of benzene rings is 3. The van der Waals surface area contributed by atoms with Crippen molar-refractivity contribution in [3.63, 3.8) is 0 Å². The average Bonchev–Trinajstić information content (AvgIpc) is 2.88. The van der Waals surface area contributed by atoms with Gasteiger partial charge in [-0.1, -0.05) is 84.9 Å². The second kappa shape index (κ2) is 7.06. The van der Waals surface area contributed by atoms with Crippen LogP contribution in [0, 0.1) is 0 Å². The van der Waals surface area contributed by atoms with Gasteiger partial charge >= 0.3 is 0 Å². The molecule has 3 aromatic carbocycles. The maximum atomic E-state index is 2.22. The number of halogens is 1. The summed E-state index contributed by atoms with van der Waals surface area (Å²) < 4.78 is 0. The molecule has 0 atom stereocenters. The molecule has 20 heavy (non-hydrogen) atoms. The lowest BCUT2D eigenvalue weighted by Gasteiger charge is -1.98. The molecule has 1 aliphatic rings. The van der Waals surface area contributed by atoms with Gasteiger partial charge in [0.2, 0.25) is 0 Å². The Morgan fingerprint density at radius 3 is 1.20 bits per heavy atom. The van der Waals surface area contributed by atoms with E-state index in [2.05, 4.69) is 48.5 Å². The van der Waals surface area contributed by atoms with Crippen LogP contribution in [0.2, 0.25) is 0 Å². The molecule has 0 amide bonds. The van der Waals surface area contributed by atoms with E-state index < -0.39 is 0 Å². The van der Waals surface area contributed by atoms with E-state index in [0.29, 0.717) is 0 Å². The maximum absolute atomic E-state index is 2.22. The van der Waals surface area contributed by atoms with Crippen molar-refractivity contribution in [1.82, 2.24) is 0 Å². The van der Waals surface area contributed by atoms with E-state index in [0.717, 1.165) is 6.42 Å². The van der Waals surface area contributed by atoms with Crippen LogP contribution in [-0.4, -0.2) is 0 Å². The molecule has 3 aromatic rings. The molecule has 0 nitrogen and oxygen atoms in total. The summed E-state index contributed by atoms with van der Waals surface area (Å²) in [6.45, 7) is 0. The molecular formula is C19H17Br. The third kappa shape index (κ3) is 3.17. The summed E-state index contributed by atoms with van der Waals surface area (Å²) >= 11 is 0. The Hall–Kier alpha value is -1.86. The van der Waals surface area contributed by atoms with Gasteiger partial charge in [0.05, 0.1) is 0 Å². The van der Waals surface area contributed by atoms with Crippen molar-refractivity contribution < 1.29 is 0 Å². The van der Waals surface area contributed by atoms with Gasteiger partial charge in [0.1, 0.15) is 0 Å². The first-order valence-corrected chi connectivity index (χ1v) is 6.61. The Balaban J connectivity index is 0.000000180. The molecule has 0 N–H and O–H groups in total. The van der Waals surface area contributed by atoms with E-state index >= 15 is 0 Å². The van der Waals surface area contributed by atoms with Crippen molar-refractivity contribution >= 4 is 17.0 Å². The fourth-order valence-electron chi connectivity index (χ4n) is 2.46. The minimum Gasteiger partial charge on any atom is -0.114 e. The zero-order chi connectivity index (χ0) is 12.9. The highest BCUT2D eigenvalue weighted by Crippen LogP contribution is 2.35. The smallest absolute Gasteiger partial charge is 0.00135 e. The second-order valence-electron chi connectivity index (χ2n) is 4.65. The van der Waals surface area contributed by atoms with Gasteiger partial charge in [-0.05, 0) is 28.7 Å². The molecule has 0 heterocycles. The summed E-state index contributed by atoms with van der Waals surface area (Å²) in [6.07, 6.45) is 1.10. The third-order valence-corrected chi connectivity index (χ3v) is 3.37. The lowest BCUT2D eigenvalue weighted by Crippen LogP contribution is -1.77. The molecule has 1 heteroatoms. The highest BCUT2D eigenvalue weighted by molar-refractivity contribution is 8.93. The Morgan fingerprint density at radius 2 is 0.800 bits per heavy atom. The van der Waals surface area contributed by atoms with Crippen molar-refractivity contribution in [2.75, 3.05) is 0 Å². The van der Waals surface area contributed by atoms with E-state index in [4.69, 9.17) is 0 Å². The van der Waals surface area contributed by atoms with Crippen molar-refractivity contribution in [3.05, 3.63) is 96.1 Å². The van der Waals surface area contributed by atoms with Crippen LogP contribution >= 0.6 is 17.0 Å². The van der Waals surface area contributed by atoms with Gasteiger partial charge in [0.15, 0.2) is 0 Å². The molecule has 0 aliphatic heterocycles. The van der Waals surface area contributed by atoms with Crippen molar-refractivity contribution in [2.24, 2.45) is 0 Å². The number of fused-ring (bicyclic) bond motifs is 3. The minimum atomic E-state index is 0. The van der Waals surface area contributed by atoms with Crippen LogP contribution in [0.5, 0.6) is 0 Å². The zero-order valence-electron chi connectivity index (χ0n) is 11.2. The van der Waals surface area contributed by atoms with Crippen LogP contribution in [0.3, 0.4) is 0 Å². The normalized spacial score (nSPS) is 10.4. The summed E-state index contributed by atoms with van der Waals surface area (Å²) in [5, 5.41) is 0. The molecule has 1 aliphatic carbocycles. The molecule has 0 fully saturated rings. The third-order valence-electron chi connectivity index (χ3n) is 3.37. The first kappa shape index (κ1) is 14.5. The molecule has 0 saturated heterocycles. The average molecular weight is 325 g/mol. The lowest BCUT2D eigenvalue weighted by molar-refractivity contribution is 1.26. The van der Waals surface area contributed by atoms with Gasteiger partial charge in [0.25, 0.3) is 0 Å². The van der Waals surface area contributed by atoms with E-state index in [1.54, 1.807) is 0 Å². The van der Waals surface area contributed by atoms with Crippen molar-refractivity contribution in [3.8, 4) is 11.1 Å². The summed E-state index contributed by atoms with van der Waals surface area (Å²) in [7, 11) is 0. The van der Waals surface area contributed by atoms with Gasteiger partial charge in [-0.25, -0.2) is 0 Å². The van der Waals surface area contributed by atoms with Gasteiger partial charge in [-0.3, -0.25) is 0 Å². The fraction of sp³-hybridized carbons (Fsp3) is 0.0526. The standard InChI is InChI=1S/C13H10.C6H6.BrH/c1-3-7-12-10(5-1)9-11-6-2-4-8-13(11)12;1-2-4-6-5-3-1;/h1-8H,9H2;1-6H;1H. The second-order valence-corrected chi connectivity index (χ2v) is 4.65. The van der Waals surface area contributed by atoms with Crippen LogP contribution in [-0.2, 0) is 6.42 Å². The number of rotatable bonds is 0. The number of hydrogen-bond donors (Lipinski definition) is 0. The summed E-state index contributed by atoms with van der Waals surface area (Å²) in [5.41, 5.74) is 5.75. The minimum absolute atomic E-state index is 0. The van der Waals surface area contributed by atoms with Crippen molar-refractivity contribution in [2.45, 2.75) is 6.42 Å². The predicted molar refractivity (Wildman–Crippen MR) is 91.4 cm³/mol. The Bertz CT molecular complexity index is 589. The first-order chi connectivity index (χ1) is 9.45. The van der Waals surface area contributed by atoms with Gasteiger partial charge < -0.3 is 0 Å². The molecule has 0 radical (unpaired) electrons.